The van der Waals surface area contributed by atoms with Crippen molar-refractivity contribution in [1.82, 2.24) is 5.32 Å². The van der Waals surface area contributed by atoms with E-state index in [-0.39, 0.29) is 0 Å². The van der Waals surface area contributed by atoms with Crippen LogP contribution < -0.4 is 11.1 Å². The van der Waals surface area contributed by atoms with E-state index in [1.54, 1.807) is 7.11 Å². The van der Waals surface area contributed by atoms with Crippen LogP contribution in [0.5, 0.6) is 0 Å². The highest BCUT2D eigenvalue weighted by Gasteiger charge is 2.20. The second-order valence-corrected chi connectivity index (χ2v) is 6.71. The van der Waals surface area contributed by atoms with E-state index in [0.29, 0.717) is 25.0 Å². The zero-order chi connectivity index (χ0) is 16.4. The molecule has 0 saturated carbocycles. The largest absolute Gasteiger partial charge is 0.398 e. The first-order chi connectivity index (χ1) is 8.88. The molecule has 1 atom stereocenters. The third kappa shape index (κ3) is 22.2. The van der Waals surface area contributed by atoms with Gasteiger partial charge in [-0.2, -0.15) is 16.8 Å². The van der Waals surface area contributed by atoms with Crippen molar-refractivity contribution in [3.8, 4) is 0 Å². The van der Waals surface area contributed by atoms with Gasteiger partial charge in [-0.05, 0) is 6.42 Å². The predicted molar refractivity (Wildman–Crippen MR) is 74.6 cm³/mol. The quantitative estimate of drug-likeness (QED) is 0.347. The number of oxime groups is 1. The van der Waals surface area contributed by atoms with Gasteiger partial charge in [-0.25, -0.2) is 0 Å². The highest BCUT2D eigenvalue weighted by Crippen LogP contribution is 2.08. The number of amidine groups is 1. The molecular weight excluding hydrogens is 314 g/mol. The molecule has 1 aliphatic heterocycles. The molecule has 0 radical (unpaired) electrons. The Morgan fingerprint density at radius 3 is 2.00 bits per heavy atom. The zero-order valence-electron chi connectivity index (χ0n) is 11.5. The van der Waals surface area contributed by atoms with Gasteiger partial charge in [0.2, 0.25) is 0 Å². The Kier molecular flexibility index (Phi) is 10.5. The highest BCUT2D eigenvalue weighted by atomic mass is 32.2. The van der Waals surface area contributed by atoms with Crippen LogP contribution in [-0.2, 0) is 25.1 Å². The Labute approximate surface area is 118 Å². The smallest absolute Gasteiger partial charge is 0.261 e. The van der Waals surface area contributed by atoms with Gasteiger partial charge in [-0.3, -0.25) is 9.11 Å². The minimum Gasteiger partial charge on any atom is -0.398 e. The number of nitrogens with zero attached hydrogens (tertiary/aromatic N) is 1. The molecule has 1 heterocycles. The first-order valence-electron chi connectivity index (χ1n) is 5.28. The molecule has 1 fully saturated rings. The minimum absolute atomic E-state index is 0.375. The van der Waals surface area contributed by atoms with Gasteiger partial charge in [0.25, 0.3) is 20.2 Å². The highest BCUT2D eigenvalue weighted by molar-refractivity contribution is 7.85. The van der Waals surface area contributed by atoms with Gasteiger partial charge >= 0.3 is 0 Å². The lowest BCUT2D eigenvalue weighted by atomic mass is 10.1. The topological polar surface area (TPSA) is 168 Å². The van der Waals surface area contributed by atoms with Crippen LogP contribution in [0.1, 0.15) is 6.42 Å². The van der Waals surface area contributed by atoms with E-state index in [9.17, 15) is 16.8 Å². The third-order valence-electron chi connectivity index (χ3n) is 1.66. The Morgan fingerprint density at radius 2 is 1.70 bits per heavy atom. The molecule has 122 valence electrons. The van der Waals surface area contributed by atoms with E-state index in [2.05, 4.69) is 15.3 Å². The second kappa shape index (κ2) is 9.88. The van der Waals surface area contributed by atoms with Gasteiger partial charge < -0.3 is 15.9 Å². The molecule has 0 aliphatic carbocycles. The molecule has 5 N–H and O–H groups in total. The Bertz CT molecular complexity index is 440. The van der Waals surface area contributed by atoms with E-state index in [0.717, 1.165) is 18.8 Å². The van der Waals surface area contributed by atoms with Gasteiger partial charge in [0, 0.05) is 19.0 Å². The Morgan fingerprint density at radius 1 is 1.30 bits per heavy atom. The van der Waals surface area contributed by atoms with Crippen molar-refractivity contribution in [3.63, 3.8) is 0 Å². The molecule has 1 unspecified atom stereocenters. The minimum atomic E-state index is -3.67. The molecule has 0 amide bonds. The fourth-order valence-electron chi connectivity index (χ4n) is 1.09. The SMILES string of the molecule is CON=C1NCCC1CN.CS(=O)(=O)O.CS(=O)(=O)O. The average molecular weight is 335 g/mol. The second-order valence-electron chi connectivity index (χ2n) is 3.77. The van der Waals surface area contributed by atoms with Crippen LogP contribution in [-0.4, -0.2) is 64.5 Å². The summed E-state index contributed by atoms with van der Waals surface area (Å²) in [5.74, 6) is 1.27. The van der Waals surface area contributed by atoms with E-state index in [4.69, 9.17) is 14.8 Å². The molecule has 0 spiro atoms. The van der Waals surface area contributed by atoms with Crippen molar-refractivity contribution >= 4 is 26.1 Å². The van der Waals surface area contributed by atoms with E-state index in [1.807, 2.05) is 0 Å². The van der Waals surface area contributed by atoms with Crippen molar-refractivity contribution in [2.75, 3.05) is 32.7 Å². The maximum atomic E-state index is 9.19. The fraction of sp³-hybridized carbons (Fsp3) is 0.875. The maximum Gasteiger partial charge on any atom is 0.261 e. The van der Waals surface area contributed by atoms with Crippen LogP contribution in [0, 0.1) is 5.92 Å². The van der Waals surface area contributed by atoms with Crippen molar-refractivity contribution in [3.05, 3.63) is 0 Å². The normalized spacial score (nSPS) is 20.1. The lowest BCUT2D eigenvalue weighted by molar-refractivity contribution is 0.210. The monoisotopic (exact) mass is 335 g/mol. The molecular formula is C8H21N3O7S2. The molecule has 12 heteroatoms. The first kappa shape index (κ1) is 21.4. The van der Waals surface area contributed by atoms with Gasteiger partial charge in [0.1, 0.15) is 12.9 Å². The van der Waals surface area contributed by atoms with E-state index < -0.39 is 20.2 Å². The van der Waals surface area contributed by atoms with E-state index in [1.165, 1.54) is 0 Å². The predicted octanol–water partition coefficient (Wildman–Crippen LogP) is -1.48. The van der Waals surface area contributed by atoms with Crippen molar-refractivity contribution in [2.24, 2.45) is 16.8 Å². The van der Waals surface area contributed by atoms with Crippen LogP contribution >= 0.6 is 0 Å². The van der Waals surface area contributed by atoms with Crippen molar-refractivity contribution in [1.29, 1.82) is 0 Å². The Hall–Kier alpha value is -0.950. The first-order valence-corrected chi connectivity index (χ1v) is 8.98. The lowest BCUT2D eigenvalue weighted by Crippen LogP contribution is -2.25. The fourth-order valence-corrected chi connectivity index (χ4v) is 1.09. The maximum absolute atomic E-state index is 9.19. The zero-order valence-corrected chi connectivity index (χ0v) is 13.1. The van der Waals surface area contributed by atoms with Crippen LogP contribution in [0.3, 0.4) is 0 Å². The number of rotatable bonds is 2. The summed E-state index contributed by atoms with van der Waals surface area (Å²) in [5.41, 5.74) is 5.48. The summed E-state index contributed by atoms with van der Waals surface area (Å²) in [5, 5.41) is 6.90. The molecule has 1 aliphatic rings. The van der Waals surface area contributed by atoms with Crippen LogP contribution in [0.2, 0.25) is 0 Å². The van der Waals surface area contributed by atoms with Gasteiger partial charge in [-0.15, -0.1) is 0 Å². The van der Waals surface area contributed by atoms with Crippen LogP contribution in [0.15, 0.2) is 5.16 Å². The number of hydrogen-bond acceptors (Lipinski definition) is 7. The van der Waals surface area contributed by atoms with Gasteiger partial charge in [-0.1, -0.05) is 5.16 Å². The molecule has 0 aromatic heterocycles. The summed E-state index contributed by atoms with van der Waals surface area (Å²) in [4.78, 5) is 4.63. The van der Waals surface area contributed by atoms with Crippen LogP contribution in [0.4, 0.5) is 0 Å². The molecule has 1 rings (SSSR count). The van der Waals surface area contributed by atoms with Crippen molar-refractivity contribution < 1.29 is 30.8 Å². The van der Waals surface area contributed by atoms with Crippen LogP contribution in [0.25, 0.3) is 0 Å². The molecule has 10 nitrogen and oxygen atoms in total. The van der Waals surface area contributed by atoms with Gasteiger partial charge in [0.15, 0.2) is 0 Å². The summed E-state index contributed by atoms with van der Waals surface area (Å²) >= 11 is 0. The average Bonchev–Trinajstić information content (AvgIpc) is 2.60. The number of hydrogen-bond donors (Lipinski definition) is 4. The Balaban J connectivity index is 0. The summed E-state index contributed by atoms with van der Waals surface area (Å²) in [6.45, 7) is 1.61. The molecule has 0 aromatic rings. The molecule has 1 saturated heterocycles. The third-order valence-corrected chi connectivity index (χ3v) is 1.66. The lowest BCUT2D eigenvalue weighted by Gasteiger charge is -2.04. The number of nitrogens with two attached hydrogens (primary N) is 1. The number of nitrogens with one attached hydrogen (secondary N) is 1. The summed E-state index contributed by atoms with van der Waals surface area (Å²) < 4.78 is 51.7. The van der Waals surface area contributed by atoms with Crippen molar-refractivity contribution in [2.45, 2.75) is 6.42 Å². The summed E-state index contributed by atoms with van der Waals surface area (Å²) in [6, 6.07) is 0. The molecule has 0 aromatic carbocycles. The van der Waals surface area contributed by atoms with Gasteiger partial charge in [0.05, 0.1) is 12.5 Å². The van der Waals surface area contributed by atoms with E-state index >= 15 is 0 Å². The standard InChI is InChI=1S/C6H13N3O.2CH4O3S/c1-10-9-6-5(4-7)2-3-8-6;2*1-5(2,3)4/h5H,2-4,7H2,1H3,(H,8,9);2*1H3,(H,2,3,4). The molecule has 0 bridgehead atoms. The summed E-state index contributed by atoms with van der Waals surface area (Å²) in [7, 11) is -5.79. The molecule has 20 heavy (non-hydrogen) atoms. The summed E-state index contributed by atoms with van der Waals surface area (Å²) in [6.07, 6.45) is 2.50.